The molecular formula is C20H17FN2O5S. The number of sulfonamides is 1. The highest BCUT2D eigenvalue weighted by atomic mass is 32.2. The van der Waals surface area contributed by atoms with E-state index < -0.39 is 26.7 Å². The maximum atomic E-state index is 14.0. The summed E-state index contributed by atoms with van der Waals surface area (Å²) < 4.78 is 50.7. The number of nitrogens with one attached hydrogen (secondary N) is 1. The first-order valence-electron chi connectivity index (χ1n) is 8.49. The molecule has 0 fully saturated rings. The summed E-state index contributed by atoms with van der Waals surface area (Å²) in [5, 5.41) is 3.84. The fourth-order valence-corrected chi connectivity index (χ4v) is 3.52. The summed E-state index contributed by atoms with van der Waals surface area (Å²) in [6.07, 6.45) is 1.31. The molecule has 1 N–H and O–H groups in total. The largest absolute Gasteiger partial charge is 0.455 e. The van der Waals surface area contributed by atoms with Crippen molar-refractivity contribution in [3.63, 3.8) is 0 Å². The van der Waals surface area contributed by atoms with Gasteiger partial charge < -0.3 is 9.26 Å². The van der Waals surface area contributed by atoms with Crippen molar-refractivity contribution in [2.24, 2.45) is 0 Å². The standard InChI is InChI=1S/C20H17FN2O5S/c1-2-10-22-29(25,26)19-11-15(8-9-17(19)21)20(24)27-13-16-12-18(28-23-16)14-6-4-3-5-7-14/h2-9,11-12,22H,1,10,13H2. The summed E-state index contributed by atoms with van der Waals surface area (Å²) in [5.74, 6) is -1.29. The molecule has 0 atom stereocenters. The highest BCUT2D eigenvalue weighted by Gasteiger charge is 2.21. The fraction of sp³-hybridized carbons (Fsp3) is 0.100. The number of carbonyl (C=O) groups is 1. The van der Waals surface area contributed by atoms with Crippen LogP contribution < -0.4 is 4.72 Å². The van der Waals surface area contributed by atoms with E-state index in [0.29, 0.717) is 11.5 Å². The molecule has 0 saturated carbocycles. The second-order valence-corrected chi connectivity index (χ2v) is 7.65. The normalized spacial score (nSPS) is 11.2. The summed E-state index contributed by atoms with van der Waals surface area (Å²) >= 11 is 0. The van der Waals surface area contributed by atoms with Crippen molar-refractivity contribution in [2.75, 3.05) is 6.54 Å². The van der Waals surface area contributed by atoms with Crippen LogP contribution >= 0.6 is 0 Å². The van der Waals surface area contributed by atoms with Crippen LogP contribution in [0, 0.1) is 5.82 Å². The lowest BCUT2D eigenvalue weighted by atomic mass is 10.2. The number of hydrogen-bond donors (Lipinski definition) is 1. The van der Waals surface area contributed by atoms with E-state index >= 15 is 0 Å². The van der Waals surface area contributed by atoms with Crippen LogP contribution in [-0.4, -0.2) is 26.1 Å². The molecule has 0 spiro atoms. The molecule has 150 valence electrons. The number of carbonyl (C=O) groups excluding carboxylic acids is 1. The molecule has 0 unspecified atom stereocenters. The lowest BCUT2D eigenvalue weighted by molar-refractivity contribution is 0.0464. The Labute approximate surface area is 166 Å². The second kappa shape index (κ2) is 8.80. The summed E-state index contributed by atoms with van der Waals surface area (Å²) in [6, 6.07) is 13.8. The molecule has 0 radical (unpaired) electrons. The SMILES string of the molecule is C=CCNS(=O)(=O)c1cc(C(=O)OCc2cc(-c3ccccc3)on2)ccc1F. The number of nitrogens with zero attached hydrogens (tertiary/aromatic N) is 1. The van der Waals surface area contributed by atoms with E-state index in [0.717, 1.165) is 23.8 Å². The number of halogens is 1. The second-order valence-electron chi connectivity index (χ2n) is 5.91. The lowest BCUT2D eigenvalue weighted by Gasteiger charge is -2.08. The van der Waals surface area contributed by atoms with Gasteiger partial charge in [0, 0.05) is 18.2 Å². The fourth-order valence-electron chi connectivity index (χ4n) is 2.42. The molecule has 0 aliphatic carbocycles. The molecule has 0 aliphatic rings. The molecule has 3 aromatic rings. The van der Waals surface area contributed by atoms with Gasteiger partial charge in [-0.25, -0.2) is 22.3 Å². The number of ether oxygens (including phenoxy) is 1. The molecule has 2 aromatic carbocycles. The van der Waals surface area contributed by atoms with Crippen LogP contribution in [0.25, 0.3) is 11.3 Å². The van der Waals surface area contributed by atoms with Crippen LogP contribution in [0.3, 0.4) is 0 Å². The number of hydrogen-bond acceptors (Lipinski definition) is 6. The maximum Gasteiger partial charge on any atom is 0.338 e. The average Bonchev–Trinajstić information content (AvgIpc) is 3.20. The molecule has 1 heterocycles. The van der Waals surface area contributed by atoms with E-state index in [1.54, 1.807) is 6.07 Å². The quantitative estimate of drug-likeness (QED) is 0.447. The van der Waals surface area contributed by atoms with Crippen molar-refractivity contribution in [2.45, 2.75) is 11.5 Å². The van der Waals surface area contributed by atoms with Gasteiger partial charge in [-0.3, -0.25) is 0 Å². The molecule has 9 heteroatoms. The van der Waals surface area contributed by atoms with Gasteiger partial charge in [-0.05, 0) is 18.2 Å². The minimum absolute atomic E-state index is 0.0770. The van der Waals surface area contributed by atoms with Crippen molar-refractivity contribution < 1.29 is 26.9 Å². The molecule has 1 aromatic heterocycles. The van der Waals surface area contributed by atoms with Crippen molar-refractivity contribution in [1.29, 1.82) is 0 Å². The Kier molecular flexibility index (Phi) is 6.20. The lowest BCUT2D eigenvalue weighted by Crippen LogP contribution is -2.25. The van der Waals surface area contributed by atoms with Crippen molar-refractivity contribution in [3.05, 3.63) is 84.3 Å². The van der Waals surface area contributed by atoms with Crippen LogP contribution in [0.4, 0.5) is 4.39 Å². The minimum Gasteiger partial charge on any atom is -0.455 e. The van der Waals surface area contributed by atoms with Gasteiger partial charge in [-0.2, -0.15) is 0 Å². The van der Waals surface area contributed by atoms with Gasteiger partial charge in [0.15, 0.2) is 5.76 Å². The molecule has 0 saturated heterocycles. The van der Waals surface area contributed by atoms with Gasteiger partial charge in [0.1, 0.15) is 23.0 Å². The molecule has 0 bridgehead atoms. The van der Waals surface area contributed by atoms with E-state index in [4.69, 9.17) is 9.26 Å². The summed E-state index contributed by atoms with van der Waals surface area (Å²) in [6.45, 7) is 3.12. The van der Waals surface area contributed by atoms with Crippen LogP contribution in [0.1, 0.15) is 16.1 Å². The van der Waals surface area contributed by atoms with Crippen molar-refractivity contribution in [3.8, 4) is 11.3 Å². The first-order valence-corrected chi connectivity index (χ1v) is 9.97. The Balaban J connectivity index is 1.71. The van der Waals surface area contributed by atoms with E-state index in [-0.39, 0.29) is 18.7 Å². The predicted molar refractivity (Wildman–Crippen MR) is 103 cm³/mol. The van der Waals surface area contributed by atoms with Crippen LogP contribution in [0.2, 0.25) is 0 Å². The Morgan fingerprint density at radius 1 is 1.21 bits per heavy atom. The molecule has 3 rings (SSSR count). The molecule has 0 aliphatic heterocycles. The number of aromatic nitrogens is 1. The van der Waals surface area contributed by atoms with Crippen molar-refractivity contribution in [1.82, 2.24) is 9.88 Å². The summed E-state index contributed by atoms with van der Waals surface area (Å²) in [5.41, 5.74) is 1.08. The highest BCUT2D eigenvalue weighted by Crippen LogP contribution is 2.21. The third kappa shape index (κ3) is 4.95. The minimum atomic E-state index is -4.13. The first kappa shape index (κ1) is 20.4. The Morgan fingerprint density at radius 2 is 1.97 bits per heavy atom. The number of benzene rings is 2. The summed E-state index contributed by atoms with van der Waals surface area (Å²) in [7, 11) is -4.13. The third-order valence-corrected chi connectivity index (χ3v) is 5.28. The van der Waals surface area contributed by atoms with E-state index in [9.17, 15) is 17.6 Å². The van der Waals surface area contributed by atoms with E-state index in [2.05, 4.69) is 16.5 Å². The zero-order chi connectivity index (χ0) is 20.9. The Bertz CT molecular complexity index is 1130. The van der Waals surface area contributed by atoms with Gasteiger partial charge in [0.05, 0.1) is 5.56 Å². The molecular weight excluding hydrogens is 399 g/mol. The molecule has 0 amide bonds. The Morgan fingerprint density at radius 3 is 2.69 bits per heavy atom. The van der Waals surface area contributed by atoms with E-state index in [1.807, 2.05) is 30.3 Å². The predicted octanol–water partition coefficient (Wildman–Crippen LogP) is 3.30. The zero-order valence-corrected chi connectivity index (χ0v) is 16.0. The Hall–Kier alpha value is -3.30. The van der Waals surface area contributed by atoms with Gasteiger partial charge in [0.2, 0.25) is 10.0 Å². The van der Waals surface area contributed by atoms with Crippen LogP contribution in [0.15, 0.2) is 76.7 Å². The first-order chi connectivity index (χ1) is 13.9. The highest BCUT2D eigenvalue weighted by molar-refractivity contribution is 7.89. The molecule has 29 heavy (non-hydrogen) atoms. The maximum absolute atomic E-state index is 14.0. The number of esters is 1. The topological polar surface area (TPSA) is 98.5 Å². The smallest absolute Gasteiger partial charge is 0.338 e. The monoisotopic (exact) mass is 416 g/mol. The van der Waals surface area contributed by atoms with Crippen LogP contribution in [-0.2, 0) is 21.4 Å². The number of rotatable bonds is 8. The zero-order valence-electron chi connectivity index (χ0n) is 15.2. The van der Waals surface area contributed by atoms with Gasteiger partial charge in [-0.15, -0.1) is 6.58 Å². The summed E-state index contributed by atoms with van der Waals surface area (Å²) in [4.78, 5) is 11.6. The third-order valence-electron chi connectivity index (χ3n) is 3.84. The van der Waals surface area contributed by atoms with Crippen molar-refractivity contribution >= 4 is 16.0 Å². The van der Waals surface area contributed by atoms with Gasteiger partial charge in [0.25, 0.3) is 0 Å². The molecule has 7 nitrogen and oxygen atoms in total. The van der Waals surface area contributed by atoms with Gasteiger partial charge in [-0.1, -0.05) is 41.6 Å². The van der Waals surface area contributed by atoms with Crippen LogP contribution in [0.5, 0.6) is 0 Å². The van der Waals surface area contributed by atoms with E-state index in [1.165, 1.54) is 6.08 Å². The van der Waals surface area contributed by atoms with Gasteiger partial charge >= 0.3 is 5.97 Å². The average molecular weight is 416 g/mol.